The maximum absolute atomic E-state index is 11.9. The average Bonchev–Trinajstić information content (AvgIpc) is 3.00. The van der Waals surface area contributed by atoms with Crippen molar-refractivity contribution in [1.82, 2.24) is 10.3 Å². The zero-order valence-corrected chi connectivity index (χ0v) is 10.6. The SMILES string of the molecule is CC(NC(=O)[C@@H]1CC[C@H](C(=O)O)O1)c1nccs1. The third-order valence-corrected chi connectivity index (χ3v) is 3.73. The van der Waals surface area contributed by atoms with Crippen LogP contribution in [0.25, 0.3) is 0 Å². The number of nitrogens with zero attached hydrogens (tertiary/aromatic N) is 1. The molecule has 18 heavy (non-hydrogen) atoms. The van der Waals surface area contributed by atoms with E-state index in [1.807, 2.05) is 12.3 Å². The zero-order chi connectivity index (χ0) is 13.1. The van der Waals surface area contributed by atoms with Crippen LogP contribution in [-0.4, -0.2) is 34.2 Å². The molecule has 1 unspecified atom stereocenters. The fourth-order valence-corrected chi connectivity index (χ4v) is 2.47. The van der Waals surface area contributed by atoms with Crippen molar-refractivity contribution in [2.24, 2.45) is 0 Å². The van der Waals surface area contributed by atoms with Gasteiger partial charge < -0.3 is 15.2 Å². The highest BCUT2D eigenvalue weighted by Crippen LogP contribution is 2.21. The number of aliphatic carboxylic acids is 1. The van der Waals surface area contributed by atoms with Crippen LogP contribution >= 0.6 is 11.3 Å². The molecule has 0 spiro atoms. The van der Waals surface area contributed by atoms with Crippen LogP contribution in [0.15, 0.2) is 11.6 Å². The first-order valence-corrected chi connectivity index (χ1v) is 6.54. The second kappa shape index (κ2) is 5.45. The Morgan fingerprint density at radius 2 is 2.28 bits per heavy atom. The van der Waals surface area contributed by atoms with E-state index in [0.29, 0.717) is 12.8 Å². The van der Waals surface area contributed by atoms with Crippen molar-refractivity contribution in [3.05, 3.63) is 16.6 Å². The first kappa shape index (κ1) is 13.0. The molecule has 98 valence electrons. The van der Waals surface area contributed by atoms with E-state index in [9.17, 15) is 9.59 Å². The van der Waals surface area contributed by atoms with Gasteiger partial charge in [0.1, 0.15) is 11.1 Å². The van der Waals surface area contributed by atoms with Crippen LogP contribution in [0, 0.1) is 0 Å². The van der Waals surface area contributed by atoms with Gasteiger partial charge in [-0.2, -0.15) is 0 Å². The molecular weight excluding hydrogens is 256 g/mol. The maximum atomic E-state index is 11.9. The fraction of sp³-hybridized carbons (Fsp3) is 0.545. The molecule has 7 heteroatoms. The third-order valence-electron chi connectivity index (χ3n) is 2.77. The van der Waals surface area contributed by atoms with E-state index in [2.05, 4.69) is 10.3 Å². The molecule has 0 radical (unpaired) electrons. The van der Waals surface area contributed by atoms with Gasteiger partial charge in [-0.05, 0) is 19.8 Å². The third kappa shape index (κ3) is 2.85. The lowest BCUT2D eigenvalue weighted by Crippen LogP contribution is -2.37. The van der Waals surface area contributed by atoms with Crippen LogP contribution in [0.5, 0.6) is 0 Å². The summed E-state index contributed by atoms with van der Waals surface area (Å²) in [5.74, 6) is -1.29. The second-order valence-corrected chi connectivity index (χ2v) is 5.06. The molecule has 2 heterocycles. The Bertz CT molecular complexity index is 434. The summed E-state index contributed by atoms with van der Waals surface area (Å²) in [6.45, 7) is 1.83. The van der Waals surface area contributed by atoms with Crippen LogP contribution in [0.3, 0.4) is 0 Å². The maximum Gasteiger partial charge on any atom is 0.332 e. The van der Waals surface area contributed by atoms with Crippen LogP contribution in [-0.2, 0) is 14.3 Å². The molecule has 1 saturated heterocycles. The molecule has 1 aliphatic heterocycles. The number of thiazole rings is 1. The summed E-state index contributed by atoms with van der Waals surface area (Å²) in [4.78, 5) is 26.7. The highest BCUT2D eigenvalue weighted by atomic mass is 32.1. The van der Waals surface area contributed by atoms with Crippen LogP contribution < -0.4 is 5.32 Å². The van der Waals surface area contributed by atoms with Gasteiger partial charge in [0.05, 0.1) is 6.04 Å². The lowest BCUT2D eigenvalue weighted by Gasteiger charge is -2.15. The molecule has 0 aromatic carbocycles. The predicted octanol–water partition coefficient (Wildman–Crippen LogP) is 0.952. The zero-order valence-electron chi connectivity index (χ0n) is 9.83. The molecule has 6 nitrogen and oxygen atoms in total. The minimum absolute atomic E-state index is 0.190. The van der Waals surface area contributed by atoms with Gasteiger partial charge in [0, 0.05) is 11.6 Å². The van der Waals surface area contributed by atoms with Crippen molar-refractivity contribution < 1.29 is 19.4 Å². The summed E-state index contributed by atoms with van der Waals surface area (Å²) in [6, 6.07) is -0.190. The molecule has 1 aliphatic rings. The number of carbonyl (C=O) groups is 2. The molecule has 1 amide bonds. The van der Waals surface area contributed by atoms with Crippen molar-refractivity contribution in [3.63, 3.8) is 0 Å². The monoisotopic (exact) mass is 270 g/mol. The first-order valence-electron chi connectivity index (χ1n) is 5.66. The molecule has 0 aliphatic carbocycles. The molecule has 1 aromatic rings. The van der Waals surface area contributed by atoms with Crippen molar-refractivity contribution in [3.8, 4) is 0 Å². The molecule has 1 aromatic heterocycles. The number of carboxylic acid groups (broad SMARTS) is 1. The van der Waals surface area contributed by atoms with E-state index >= 15 is 0 Å². The van der Waals surface area contributed by atoms with E-state index in [-0.39, 0.29) is 11.9 Å². The molecular formula is C11H14N2O4S. The number of ether oxygens (including phenoxy) is 1. The van der Waals surface area contributed by atoms with Gasteiger partial charge >= 0.3 is 5.97 Å². The summed E-state index contributed by atoms with van der Waals surface area (Å²) in [6.07, 6.45) is 0.950. The van der Waals surface area contributed by atoms with Gasteiger partial charge in [-0.3, -0.25) is 4.79 Å². The lowest BCUT2D eigenvalue weighted by molar-refractivity contribution is -0.151. The average molecular weight is 270 g/mol. The summed E-state index contributed by atoms with van der Waals surface area (Å²) in [7, 11) is 0. The highest BCUT2D eigenvalue weighted by Gasteiger charge is 2.35. The summed E-state index contributed by atoms with van der Waals surface area (Å²) in [5, 5.41) is 14.2. The summed E-state index contributed by atoms with van der Waals surface area (Å²) in [5.41, 5.74) is 0. The van der Waals surface area contributed by atoms with E-state index in [1.165, 1.54) is 11.3 Å². The van der Waals surface area contributed by atoms with Crippen LogP contribution in [0.2, 0.25) is 0 Å². The summed E-state index contributed by atoms with van der Waals surface area (Å²) < 4.78 is 5.17. The molecule has 2 rings (SSSR count). The standard InChI is InChI=1S/C11H14N2O4S/c1-6(10-12-4-5-18-10)13-9(14)7-2-3-8(17-7)11(15)16/h4-8H,2-3H2,1H3,(H,13,14)(H,15,16)/t6?,7-,8+/m0/s1. The van der Waals surface area contributed by atoms with Gasteiger partial charge in [0.25, 0.3) is 0 Å². The van der Waals surface area contributed by atoms with Crippen molar-refractivity contribution in [2.75, 3.05) is 0 Å². The van der Waals surface area contributed by atoms with E-state index < -0.39 is 18.2 Å². The quantitative estimate of drug-likeness (QED) is 0.850. The topological polar surface area (TPSA) is 88.5 Å². The van der Waals surface area contributed by atoms with Crippen molar-refractivity contribution in [1.29, 1.82) is 0 Å². The number of rotatable bonds is 4. The van der Waals surface area contributed by atoms with Gasteiger partial charge in [0.15, 0.2) is 6.10 Å². The Kier molecular flexibility index (Phi) is 3.93. The number of amides is 1. The van der Waals surface area contributed by atoms with Crippen molar-refractivity contribution in [2.45, 2.75) is 38.0 Å². The Labute approximate surface area is 108 Å². The fourth-order valence-electron chi connectivity index (χ4n) is 1.83. The summed E-state index contributed by atoms with van der Waals surface area (Å²) >= 11 is 1.46. The van der Waals surface area contributed by atoms with Gasteiger partial charge in [0.2, 0.25) is 5.91 Å². The second-order valence-electron chi connectivity index (χ2n) is 4.13. The number of hydrogen-bond donors (Lipinski definition) is 2. The normalized spacial score (nSPS) is 24.7. The Morgan fingerprint density at radius 1 is 1.56 bits per heavy atom. The van der Waals surface area contributed by atoms with Gasteiger partial charge in [-0.15, -0.1) is 11.3 Å². The van der Waals surface area contributed by atoms with E-state index in [4.69, 9.17) is 9.84 Å². The largest absolute Gasteiger partial charge is 0.479 e. The first-order chi connectivity index (χ1) is 8.58. The Balaban J connectivity index is 1.87. The van der Waals surface area contributed by atoms with Crippen molar-refractivity contribution >= 4 is 23.2 Å². The number of aromatic nitrogens is 1. The predicted molar refractivity (Wildman–Crippen MR) is 64.2 cm³/mol. The lowest BCUT2D eigenvalue weighted by atomic mass is 10.2. The van der Waals surface area contributed by atoms with Crippen LogP contribution in [0.4, 0.5) is 0 Å². The number of nitrogens with one attached hydrogen (secondary N) is 1. The molecule has 0 saturated carbocycles. The number of hydrogen-bond acceptors (Lipinski definition) is 5. The van der Waals surface area contributed by atoms with E-state index in [0.717, 1.165) is 5.01 Å². The van der Waals surface area contributed by atoms with E-state index in [1.54, 1.807) is 6.20 Å². The smallest absolute Gasteiger partial charge is 0.332 e. The van der Waals surface area contributed by atoms with Crippen LogP contribution in [0.1, 0.15) is 30.8 Å². The van der Waals surface area contributed by atoms with Gasteiger partial charge in [-0.1, -0.05) is 0 Å². The minimum Gasteiger partial charge on any atom is -0.479 e. The number of carbonyl (C=O) groups excluding carboxylic acids is 1. The highest BCUT2D eigenvalue weighted by molar-refractivity contribution is 7.09. The molecule has 0 bridgehead atoms. The molecule has 1 fully saturated rings. The molecule has 2 N–H and O–H groups in total. The number of carboxylic acids is 1. The molecule has 3 atom stereocenters. The Morgan fingerprint density at radius 3 is 2.83 bits per heavy atom. The minimum atomic E-state index is -1.02. The van der Waals surface area contributed by atoms with Gasteiger partial charge in [-0.25, -0.2) is 9.78 Å². The Hall–Kier alpha value is -1.47.